The maximum atomic E-state index is 5.58. The maximum Gasteiger partial charge on any atom is 0.0741 e. The van der Waals surface area contributed by atoms with Crippen molar-refractivity contribution in [2.75, 3.05) is 25.5 Å². The lowest BCUT2D eigenvalue weighted by Crippen LogP contribution is -2.29. The van der Waals surface area contributed by atoms with Crippen LogP contribution in [0, 0.1) is 0 Å². The highest BCUT2D eigenvalue weighted by Crippen LogP contribution is 2.14. The molecule has 0 radical (unpaired) electrons. The number of hydrazine groups is 1. The Morgan fingerprint density at radius 1 is 1.50 bits per heavy atom. The summed E-state index contributed by atoms with van der Waals surface area (Å²) in [5.74, 6) is 6.79. The van der Waals surface area contributed by atoms with Gasteiger partial charge < -0.3 is 0 Å². The minimum atomic E-state index is 0.921. The summed E-state index contributed by atoms with van der Waals surface area (Å²) in [7, 11) is 0. The van der Waals surface area contributed by atoms with E-state index in [-0.39, 0.29) is 0 Å². The zero-order valence-corrected chi connectivity index (χ0v) is 7.23. The summed E-state index contributed by atoms with van der Waals surface area (Å²) < 4.78 is 2.31. The fraction of sp³-hybridized carbons (Fsp3) is 1.00. The van der Waals surface area contributed by atoms with Crippen LogP contribution in [0.5, 0.6) is 0 Å². The second-order valence-electron chi connectivity index (χ2n) is 2.49. The van der Waals surface area contributed by atoms with Crippen LogP contribution < -0.4 is 5.84 Å². The third-order valence-electron chi connectivity index (χ3n) is 1.45. The van der Waals surface area contributed by atoms with Gasteiger partial charge in [-0.15, -0.1) is 0 Å². The maximum absolute atomic E-state index is 5.58. The highest BCUT2D eigenvalue weighted by molar-refractivity contribution is 7.97. The van der Waals surface area contributed by atoms with Gasteiger partial charge >= 0.3 is 0 Å². The summed E-state index contributed by atoms with van der Waals surface area (Å²) >= 11 is 1.90. The summed E-state index contributed by atoms with van der Waals surface area (Å²) in [6.07, 6.45) is 1.24. The molecule has 0 bridgehead atoms. The van der Waals surface area contributed by atoms with Gasteiger partial charge in [-0.1, -0.05) is 18.9 Å². The molecular formula is C6H15N3S. The lowest BCUT2D eigenvalue weighted by Gasteiger charge is -2.12. The molecule has 2 N–H and O–H groups in total. The Hall–Kier alpha value is 0.230. The molecule has 10 heavy (non-hydrogen) atoms. The Balaban J connectivity index is 2.06. The minimum Gasteiger partial charge on any atom is -0.268 e. The molecule has 0 aromatic heterocycles. The number of hydrogen-bond acceptors (Lipinski definition) is 4. The average molecular weight is 161 g/mol. The molecule has 1 fully saturated rings. The van der Waals surface area contributed by atoms with Crippen LogP contribution in [-0.4, -0.2) is 34.8 Å². The molecule has 0 spiro atoms. The molecule has 0 aromatic rings. The molecule has 1 aliphatic heterocycles. The van der Waals surface area contributed by atoms with E-state index in [1.54, 1.807) is 0 Å². The van der Waals surface area contributed by atoms with Crippen LogP contribution in [0.3, 0.4) is 0 Å². The van der Waals surface area contributed by atoms with Crippen molar-refractivity contribution in [3.63, 3.8) is 0 Å². The topological polar surface area (TPSA) is 32.5 Å². The first-order valence-corrected chi connectivity index (χ1v) is 4.64. The molecule has 0 aromatic carbocycles. The van der Waals surface area contributed by atoms with Gasteiger partial charge in [-0.2, -0.15) is 0 Å². The molecular weight excluding hydrogens is 146 g/mol. The van der Waals surface area contributed by atoms with Crippen LogP contribution in [-0.2, 0) is 0 Å². The Labute approximate surface area is 66.6 Å². The first kappa shape index (κ1) is 8.33. The lowest BCUT2D eigenvalue weighted by molar-refractivity contribution is 0.324. The van der Waals surface area contributed by atoms with Gasteiger partial charge in [0.2, 0.25) is 0 Å². The van der Waals surface area contributed by atoms with E-state index in [2.05, 4.69) is 11.2 Å². The number of rotatable bonds is 3. The molecule has 60 valence electrons. The average Bonchev–Trinajstić information content (AvgIpc) is 2.31. The molecule has 1 rings (SSSR count). The Morgan fingerprint density at radius 2 is 2.30 bits per heavy atom. The monoisotopic (exact) mass is 161 g/mol. The highest BCUT2D eigenvalue weighted by atomic mass is 32.2. The molecule has 4 heteroatoms. The van der Waals surface area contributed by atoms with Crippen molar-refractivity contribution in [1.82, 2.24) is 9.31 Å². The van der Waals surface area contributed by atoms with Crippen molar-refractivity contribution < 1.29 is 0 Å². The molecule has 0 aliphatic carbocycles. The second-order valence-corrected chi connectivity index (χ2v) is 3.68. The summed E-state index contributed by atoms with van der Waals surface area (Å²) in [4.78, 5) is 0. The van der Waals surface area contributed by atoms with Crippen molar-refractivity contribution in [2.24, 2.45) is 5.84 Å². The van der Waals surface area contributed by atoms with Crippen LogP contribution in [0.4, 0.5) is 0 Å². The Morgan fingerprint density at radius 3 is 2.80 bits per heavy atom. The van der Waals surface area contributed by atoms with E-state index in [4.69, 9.17) is 5.84 Å². The van der Waals surface area contributed by atoms with Gasteiger partial charge in [0, 0.05) is 18.8 Å². The molecule has 0 unspecified atom stereocenters. The Bertz CT molecular complexity index is 99.0. The summed E-state index contributed by atoms with van der Waals surface area (Å²) in [5.41, 5.74) is 0. The van der Waals surface area contributed by atoms with E-state index in [1.807, 2.05) is 17.0 Å². The Kier molecular flexibility index (Phi) is 3.48. The van der Waals surface area contributed by atoms with Crippen molar-refractivity contribution in [1.29, 1.82) is 0 Å². The molecule has 0 atom stereocenters. The number of nitrogens with zero attached hydrogens (tertiary/aromatic N) is 2. The van der Waals surface area contributed by atoms with E-state index in [0.29, 0.717) is 0 Å². The zero-order valence-electron chi connectivity index (χ0n) is 6.42. The number of hydrogen-bond donors (Lipinski definition) is 1. The van der Waals surface area contributed by atoms with Crippen LogP contribution in [0.1, 0.15) is 13.3 Å². The van der Waals surface area contributed by atoms with E-state index in [0.717, 1.165) is 19.8 Å². The van der Waals surface area contributed by atoms with Crippen molar-refractivity contribution >= 4 is 11.9 Å². The standard InChI is InChI=1S/C6H15N3S/c1-2-5-10-9-4-3-8(7)6-9/h2-7H2,1H3. The fourth-order valence-corrected chi connectivity index (χ4v) is 1.79. The van der Waals surface area contributed by atoms with E-state index in [9.17, 15) is 0 Å². The third-order valence-corrected chi connectivity index (χ3v) is 2.71. The van der Waals surface area contributed by atoms with Gasteiger partial charge in [-0.3, -0.25) is 5.84 Å². The zero-order chi connectivity index (χ0) is 7.40. The van der Waals surface area contributed by atoms with E-state index in [1.165, 1.54) is 12.2 Å². The van der Waals surface area contributed by atoms with Crippen molar-refractivity contribution in [3.05, 3.63) is 0 Å². The lowest BCUT2D eigenvalue weighted by atomic mass is 10.6. The molecule has 1 aliphatic rings. The van der Waals surface area contributed by atoms with Gasteiger partial charge in [0.1, 0.15) is 0 Å². The molecule has 1 heterocycles. The van der Waals surface area contributed by atoms with E-state index < -0.39 is 0 Å². The first-order valence-electron chi connectivity index (χ1n) is 3.70. The molecule has 3 nitrogen and oxygen atoms in total. The largest absolute Gasteiger partial charge is 0.268 e. The van der Waals surface area contributed by atoms with Gasteiger partial charge in [-0.25, -0.2) is 9.31 Å². The smallest absolute Gasteiger partial charge is 0.0741 e. The first-order chi connectivity index (χ1) is 4.83. The SMILES string of the molecule is CCCSN1CCN(N)C1. The predicted molar refractivity (Wildman–Crippen MR) is 45.2 cm³/mol. The minimum absolute atomic E-state index is 0.921. The normalized spacial score (nSPS) is 22.2. The fourth-order valence-electron chi connectivity index (χ4n) is 0.910. The quantitative estimate of drug-likeness (QED) is 0.482. The highest BCUT2D eigenvalue weighted by Gasteiger charge is 2.15. The molecule has 0 amide bonds. The van der Waals surface area contributed by atoms with Crippen LogP contribution in [0.25, 0.3) is 0 Å². The van der Waals surface area contributed by atoms with Crippen molar-refractivity contribution in [3.8, 4) is 0 Å². The summed E-state index contributed by atoms with van der Waals surface area (Å²) in [6, 6.07) is 0. The second kappa shape index (κ2) is 4.18. The molecule has 0 saturated carbocycles. The summed E-state index contributed by atoms with van der Waals surface area (Å²) in [6.45, 7) is 5.24. The van der Waals surface area contributed by atoms with Crippen LogP contribution >= 0.6 is 11.9 Å². The summed E-state index contributed by atoms with van der Waals surface area (Å²) in [5, 5.41) is 1.85. The van der Waals surface area contributed by atoms with Gasteiger partial charge in [0.05, 0.1) is 6.67 Å². The van der Waals surface area contributed by atoms with Crippen LogP contribution in [0.15, 0.2) is 0 Å². The third kappa shape index (κ3) is 2.46. The van der Waals surface area contributed by atoms with E-state index >= 15 is 0 Å². The van der Waals surface area contributed by atoms with Crippen LogP contribution in [0.2, 0.25) is 0 Å². The van der Waals surface area contributed by atoms with Gasteiger partial charge in [0.25, 0.3) is 0 Å². The molecule has 1 saturated heterocycles. The van der Waals surface area contributed by atoms with Gasteiger partial charge in [0.15, 0.2) is 0 Å². The van der Waals surface area contributed by atoms with Gasteiger partial charge in [-0.05, 0) is 6.42 Å². The van der Waals surface area contributed by atoms with Crippen molar-refractivity contribution in [2.45, 2.75) is 13.3 Å². The number of nitrogens with two attached hydrogens (primary N) is 1. The predicted octanol–water partition coefficient (Wildman–Crippen LogP) is 0.493.